The number of alkyl halides is 3. The summed E-state index contributed by atoms with van der Waals surface area (Å²) in [7, 11) is 3.58. The number of ether oxygens (including phenoxy) is 1. The molecule has 3 aromatic rings. The molecule has 0 radical (unpaired) electrons. The summed E-state index contributed by atoms with van der Waals surface area (Å²) in [6.07, 6.45) is -2.69. The van der Waals surface area contributed by atoms with Crippen LogP contribution < -0.4 is 15.8 Å². The van der Waals surface area contributed by atoms with Gasteiger partial charge in [-0.1, -0.05) is 12.1 Å². The number of benzene rings is 1. The first-order chi connectivity index (χ1) is 15.5. The predicted octanol–water partition coefficient (Wildman–Crippen LogP) is 2.66. The summed E-state index contributed by atoms with van der Waals surface area (Å²) in [6.45, 7) is 0.622. The highest BCUT2D eigenvalue weighted by atomic mass is 19.4. The van der Waals surface area contributed by atoms with E-state index in [0.717, 1.165) is 34.7 Å². The van der Waals surface area contributed by atoms with Crippen LogP contribution in [0.1, 0.15) is 16.1 Å². The van der Waals surface area contributed by atoms with Crippen LogP contribution in [-0.4, -0.2) is 51.3 Å². The molecule has 4 N–H and O–H groups in total. The number of carbonyl (C=O) groups excluding carboxylic acids is 1. The molecule has 0 atom stereocenters. The van der Waals surface area contributed by atoms with Gasteiger partial charge in [-0.15, -0.1) is 0 Å². The van der Waals surface area contributed by atoms with E-state index < -0.39 is 12.1 Å². The van der Waals surface area contributed by atoms with Gasteiger partial charge in [-0.05, 0) is 23.8 Å². The van der Waals surface area contributed by atoms with Gasteiger partial charge in [-0.3, -0.25) is 4.79 Å². The summed E-state index contributed by atoms with van der Waals surface area (Å²) >= 11 is 0. The molecule has 0 aliphatic carbocycles. The number of anilines is 1. The monoisotopic (exact) mass is 463 g/mol. The van der Waals surface area contributed by atoms with Gasteiger partial charge >= 0.3 is 12.1 Å². The van der Waals surface area contributed by atoms with Gasteiger partial charge in [0.05, 0.1) is 24.1 Å². The van der Waals surface area contributed by atoms with Crippen molar-refractivity contribution in [3.63, 3.8) is 0 Å². The van der Waals surface area contributed by atoms with E-state index in [1.807, 2.05) is 41.9 Å². The van der Waals surface area contributed by atoms with Gasteiger partial charge in [0.1, 0.15) is 5.75 Å². The lowest BCUT2D eigenvalue weighted by molar-refractivity contribution is -0.192. The Hall–Kier alpha value is -4.09. The average molecular weight is 463 g/mol. The molecule has 1 aromatic carbocycles. The van der Waals surface area contributed by atoms with Crippen LogP contribution in [0.25, 0.3) is 22.5 Å². The van der Waals surface area contributed by atoms with E-state index in [9.17, 15) is 18.0 Å². The van der Waals surface area contributed by atoms with Crippen LogP contribution in [0.2, 0.25) is 0 Å². The number of rotatable bonds is 3. The topological polar surface area (TPSA) is 132 Å². The van der Waals surface area contributed by atoms with Crippen molar-refractivity contribution in [2.24, 2.45) is 7.05 Å². The summed E-state index contributed by atoms with van der Waals surface area (Å²) < 4.78 is 39.0. The molecule has 0 bridgehead atoms. The number of nitrogens with zero attached hydrogens (tertiary/aromatic N) is 3. The summed E-state index contributed by atoms with van der Waals surface area (Å²) in [6, 6.07) is 9.47. The number of aliphatic carboxylic acids is 1. The van der Waals surface area contributed by atoms with Crippen LogP contribution in [0.4, 0.5) is 19.1 Å². The second kappa shape index (κ2) is 9.18. The second-order valence-electron chi connectivity index (χ2n) is 6.94. The number of nitrogen functional groups attached to an aromatic ring is 1. The molecule has 12 heteroatoms. The van der Waals surface area contributed by atoms with Crippen molar-refractivity contribution in [3.8, 4) is 28.3 Å². The van der Waals surface area contributed by atoms with Crippen molar-refractivity contribution in [2.75, 3.05) is 19.4 Å². The van der Waals surface area contributed by atoms with E-state index in [1.165, 1.54) is 0 Å². The molecule has 9 nitrogen and oxygen atoms in total. The van der Waals surface area contributed by atoms with Crippen molar-refractivity contribution >= 4 is 17.8 Å². The summed E-state index contributed by atoms with van der Waals surface area (Å²) in [4.78, 5) is 29.9. The van der Waals surface area contributed by atoms with Crippen LogP contribution in [0.15, 0.2) is 36.5 Å². The van der Waals surface area contributed by atoms with Crippen LogP contribution in [0, 0.1) is 0 Å². The number of hydrogen-bond donors (Lipinski definition) is 3. The number of fused-ring (bicyclic) bond motifs is 1. The van der Waals surface area contributed by atoms with E-state index in [2.05, 4.69) is 15.3 Å². The Labute approximate surface area is 186 Å². The molecule has 3 heterocycles. The van der Waals surface area contributed by atoms with E-state index in [0.29, 0.717) is 17.8 Å². The smallest absolute Gasteiger partial charge is 0.490 e. The van der Waals surface area contributed by atoms with E-state index >= 15 is 0 Å². The highest BCUT2D eigenvalue weighted by Gasteiger charge is 2.38. The van der Waals surface area contributed by atoms with E-state index in [1.54, 1.807) is 13.3 Å². The highest BCUT2D eigenvalue weighted by Crippen LogP contribution is 2.39. The maximum atomic E-state index is 12.7. The first-order valence-electron chi connectivity index (χ1n) is 9.57. The molecule has 0 fully saturated rings. The Morgan fingerprint density at radius 2 is 1.85 bits per heavy atom. The number of nitrogens with one attached hydrogen (secondary N) is 1. The zero-order valence-corrected chi connectivity index (χ0v) is 17.6. The fourth-order valence-corrected chi connectivity index (χ4v) is 3.50. The van der Waals surface area contributed by atoms with E-state index in [4.69, 9.17) is 20.4 Å². The lowest BCUT2D eigenvalue weighted by atomic mass is 9.96. The minimum absolute atomic E-state index is 0.0686. The Morgan fingerprint density at radius 1 is 1.21 bits per heavy atom. The van der Waals surface area contributed by atoms with Gasteiger partial charge in [0, 0.05) is 37.5 Å². The number of aromatic nitrogens is 3. The van der Waals surface area contributed by atoms with Gasteiger partial charge in [0.15, 0.2) is 0 Å². The zero-order valence-electron chi connectivity index (χ0n) is 17.6. The Bertz CT molecular complexity index is 1190. The van der Waals surface area contributed by atoms with Crippen molar-refractivity contribution in [1.82, 2.24) is 19.9 Å². The maximum Gasteiger partial charge on any atom is 0.490 e. The Balaban J connectivity index is 0.000000383. The van der Waals surface area contributed by atoms with Crippen LogP contribution in [0.5, 0.6) is 5.75 Å². The van der Waals surface area contributed by atoms with Crippen LogP contribution >= 0.6 is 0 Å². The van der Waals surface area contributed by atoms with Crippen molar-refractivity contribution in [3.05, 3.63) is 47.8 Å². The normalized spacial score (nSPS) is 12.8. The number of hydrogen-bond acceptors (Lipinski definition) is 6. The van der Waals surface area contributed by atoms with Crippen molar-refractivity contribution < 1.29 is 32.6 Å². The average Bonchev–Trinajstić information content (AvgIpc) is 3.07. The van der Waals surface area contributed by atoms with Gasteiger partial charge < -0.3 is 25.5 Å². The van der Waals surface area contributed by atoms with Gasteiger partial charge in [0.25, 0.3) is 5.91 Å². The van der Waals surface area contributed by atoms with Gasteiger partial charge in [-0.25, -0.2) is 14.8 Å². The Morgan fingerprint density at radius 3 is 2.39 bits per heavy atom. The largest absolute Gasteiger partial charge is 0.497 e. The molecule has 1 amide bonds. The summed E-state index contributed by atoms with van der Waals surface area (Å²) in [5.74, 6) is -1.86. The van der Waals surface area contributed by atoms with Crippen LogP contribution in [0.3, 0.4) is 0 Å². The lowest BCUT2D eigenvalue weighted by Crippen LogP contribution is -2.32. The molecular formula is C21H20F3N5O4. The zero-order chi connectivity index (χ0) is 24.3. The molecule has 0 unspecified atom stereocenters. The molecule has 0 saturated heterocycles. The third-order valence-corrected chi connectivity index (χ3v) is 4.93. The van der Waals surface area contributed by atoms with Crippen molar-refractivity contribution in [1.29, 1.82) is 0 Å². The molecule has 1 aliphatic rings. The van der Waals surface area contributed by atoms with E-state index in [-0.39, 0.29) is 11.9 Å². The molecule has 33 heavy (non-hydrogen) atoms. The van der Waals surface area contributed by atoms with Gasteiger partial charge in [-0.2, -0.15) is 13.2 Å². The standard InChI is InChI=1S/C19H19N5O2.C2HF3O2/c1-24-14-8-10-21-18(25)16(14)15(11-3-5-12(26-2)6-4-11)17(24)13-7-9-22-19(20)23-13;3-2(4,5)1(6)7/h3-7,9H,8,10H2,1-2H3,(H,21,25)(H2,20,22,23);(H,6,7). The second-order valence-corrected chi connectivity index (χ2v) is 6.94. The minimum atomic E-state index is -5.08. The van der Waals surface area contributed by atoms with Gasteiger partial charge in [0.2, 0.25) is 5.95 Å². The maximum absolute atomic E-state index is 12.7. The number of amides is 1. The first-order valence-corrected chi connectivity index (χ1v) is 9.57. The number of methoxy groups -OCH3 is 1. The quantitative estimate of drug-likeness (QED) is 0.544. The third kappa shape index (κ3) is 4.89. The molecule has 4 rings (SSSR count). The fourth-order valence-electron chi connectivity index (χ4n) is 3.50. The summed E-state index contributed by atoms with van der Waals surface area (Å²) in [5, 5.41) is 10.1. The molecule has 2 aromatic heterocycles. The third-order valence-electron chi connectivity index (χ3n) is 4.93. The molecule has 0 spiro atoms. The van der Waals surface area contributed by atoms with Crippen LogP contribution in [-0.2, 0) is 18.3 Å². The molecule has 1 aliphatic heterocycles. The number of carboxylic acid groups (broad SMARTS) is 1. The highest BCUT2D eigenvalue weighted by molar-refractivity contribution is 6.06. The number of nitrogens with two attached hydrogens (primary N) is 1. The molecule has 174 valence electrons. The number of carbonyl (C=O) groups is 2. The molecular weight excluding hydrogens is 443 g/mol. The number of carboxylic acids is 1. The number of halogens is 3. The predicted molar refractivity (Wildman–Crippen MR) is 113 cm³/mol. The summed E-state index contributed by atoms with van der Waals surface area (Å²) in [5.41, 5.74) is 10.8. The Kier molecular flexibility index (Phi) is 6.56. The first kappa shape index (κ1) is 23.6. The fraction of sp³-hybridized carbons (Fsp3) is 0.238. The molecule has 0 saturated carbocycles. The van der Waals surface area contributed by atoms with Crippen molar-refractivity contribution in [2.45, 2.75) is 12.6 Å². The minimum Gasteiger partial charge on any atom is -0.497 e. The SMILES string of the molecule is COc1ccc(-c2c3c(n(C)c2-c2ccnc(N)n2)CCNC3=O)cc1.O=C(O)C(F)(F)F. The lowest BCUT2D eigenvalue weighted by Gasteiger charge is -2.15.